The second-order valence-corrected chi connectivity index (χ2v) is 4.98. The number of benzene rings is 1. The van der Waals surface area contributed by atoms with E-state index in [1.165, 1.54) is 23.1 Å². The van der Waals surface area contributed by atoms with Crippen LogP contribution in [0.3, 0.4) is 0 Å². The molecule has 2 aromatic rings. The fourth-order valence-electron chi connectivity index (χ4n) is 1.99. The van der Waals surface area contributed by atoms with Crippen molar-refractivity contribution in [1.82, 2.24) is 14.8 Å². The summed E-state index contributed by atoms with van der Waals surface area (Å²) in [4.78, 5) is 17.9. The van der Waals surface area contributed by atoms with Gasteiger partial charge in [0.2, 0.25) is 5.91 Å². The number of amides is 1. The van der Waals surface area contributed by atoms with Crippen molar-refractivity contribution in [2.45, 2.75) is 32.0 Å². The second-order valence-electron chi connectivity index (χ2n) is 4.98. The lowest BCUT2D eigenvalue weighted by molar-refractivity contribution is -0.135. The fraction of sp³-hybridized carbons (Fsp3) is 0.357. The van der Waals surface area contributed by atoms with Gasteiger partial charge < -0.3 is 0 Å². The van der Waals surface area contributed by atoms with Gasteiger partial charge in [-0.1, -0.05) is 24.3 Å². The highest BCUT2D eigenvalue weighted by Crippen LogP contribution is 2.22. The maximum atomic E-state index is 12.1. The molecule has 7 nitrogen and oxygen atoms in total. The van der Waals surface area contributed by atoms with Crippen molar-refractivity contribution in [1.29, 1.82) is 0 Å². The molecule has 0 N–H and O–H groups in total. The molecule has 0 saturated heterocycles. The Morgan fingerprint density at radius 1 is 1.25 bits per heavy atom. The zero-order valence-corrected chi connectivity index (χ0v) is 12.4. The van der Waals surface area contributed by atoms with E-state index in [0.717, 1.165) is 0 Å². The molecule has 0 fully saturated rings. The van der Waals surface area contributed by atoms with Crippen LogP contribution in [0.4, 0.5) is 13.2 Å². The lowest BCUT2D eigenvalue weighted by Gasteiger charge is -2.05. The van der Waals surface area contributed by atoms with Crippen LogP contribution in [0.2, 0.25) is 0 Å². The molecular weight excluding hydrogens is 325 g/mol. The molecule has 0 spiro atoms. The SMILES string of the molecule is [N-]=[N+]=NC(=O)c1ccc(-c2ncn(CCCCC(F)(F)F)n2)cc1. The fourth-order valence-corrected chi connectivity index (χ4v) is 1.99. The molecule has 0 aliphatic heterocycles. The van der Waals surface area contributed by atoms with Gasteiger partial charge >= 0.3 is 6.18 Å². The largest absolute Gasteiger partial charge is 0.389 e. The predicted octanol–water partition coefficient (Wildman–Crippen LogP) is 4.13. The van der Waals surface area contributed by atoms with Gasteiger partial charge in [-0.05, 0) is 23.5 Å². The molecular formula is C14H13F3N6O. The number of alkyl halides is 3. The molecule has 2 rings (SSSR count). The Balaban J connectivity index is 1.95. The number of hydrogen-bond acceptors (Lipinski definition) is 3. The van der Waals surface area contributed by atoms with Crippen molar-refractivity contribution in [3.05, 3.63) is 46.6 Å². The Bertz CT molecular complexity index is 747. The normalized spacial score (nSPS) is 11.1. The lowest BCUT2D eigenvalue weighted by atomic mass is 10.1. The van der Waals surface area contributed by atoms with Crippen LogP contribution in [0.1, 0.15) is 29.6 Å². The van der Waals surface area contributed by atoms with E-state index in [9.17, 15) is 18.0 Å². The van der Waals surface area contributed by atoms with Crippen LogP contribution in [0.15, 0.2) is 35.7 Å². The van der Waals surface area contributed by atoms with E-state index in [1.807, 2.05) is 0 Å². The average Bonchev–Trinajstić information content (AvgIpc) is 3.00. The number of nitrogens with zero attached hydrogens (tertiary/aromatic N) is 6. The van der Waals surface area contributed by atoms with E-state index in [2.05, 4.69) is 20.1 Å². The number of carbonyl (C=O) groups is 1. The summed E-state index contributed by atoms with van der Waals surface area (Å²) in [7, 11) is 0. The highest BCUT2D eigenvalue weighted by atomic mass is 19.4. The maximum Gasteiger partial charge on any atom is 0.389 e. The quantitative estimate of drug-likeness (QED) is 0.343. The van der Waals surface area contributed by atoms with Crippen molar-refractivity contribution in [3.8, 4) is 11.4 Å². The van der Waals surface area contributed by atoms with Crippen LogP contribution in [0.25, 0.3) is 21.8 Å². The third-order valence-corrected chi connectivity index (χ3v) is 3.16. The van der Waals surface area contributed by atoms with Gasteiger partial charge in [0.25, 0.3) is 0 Å². The molecule has 0 aliphatic rings. The van der Waals surface area contributed by atoms with E-state index < -0.39 is 18.5 Å². The summed E-state index contributed by atoms with van der Waals surface area (Å²) in [5, 5.41) is 7.17. The summed E-state index contributed by atoms with van der Waals surface area (Å²) in [6.45, 7) is 0.344. The number of rotatable bonds is 6. The van der Waals surface area contributed by atoms with Gasteiger partial charge in [0.15, 0.2) is 5.82 Å². The first-order valence-electron chi connectivity index (χ1n) is 7.05. The van der Waals surface area contributed by atoms with Gasteiger partial charge in [0.1, 0.15) is 6.33 Å². The molecule has 0 bridgehead atoms. The number of aryl methyl sites for hydroxylation is 1. The third-order valence-electron chi connectivity index (χ3n) is 3.16. The lowest BCUT2D eigenvalue weighted by Crippen LogP contribution is -2.07. The van der Waals surface area contributed by atoms with Crippen molar-refractivity contribution in [2.24, 2.45) is 5.11 Å². The van der Waals surface area contributed by atoms with E-state index in [1.54, 1.807) is 12.1 Å². The van der Waals surface area contributed by atoms with Gasteiger partial charge in [-0.25, -0.2) is 4.98 Å². The number of aromatic nitrogens is 3. The van der Waals surface area contributed by atoms with Crippen LogP contribution in [0.5, 0.6) is 0 Å². The minimum Gasteiger partial charge on any atom is -0.287 e. The average molecular weight is 338 g/mol. The molecule has 126 valence electrons. The first kappa shape index (κ1) is 17.5. The summed E-state index contributed by atoms with van der Waals surface area (Å²) in [5.41, 5.74) is 9.10. The first-order chi connectivity index (χ1) is 11.4. The van der Waals surface area contributed by atoms with E-state index in [4.69, 9.17) is 5.53 Å². The number of unbranched alkanes of at least 4 members (excludes halogenated alkanes) is 1. The zero-order valence-electron chi connectivity index (χ0n) is 12.4. The van der Waals surface area contributed by atoms with E-state index in [-0.39, 0.29) is 12.0 Å². The molecule has 1 heterocycles. The molecule has 0 aliphatic carbocycles. The standard InChI is InChI=1S/C14H13F3N6O/c15-14(16,17)7-1-2-8-23-9-19-12(21-23)10-3-5-11(6-4-10)13(24)20-22-18/h3-6,9H,1-2,7-8H2. The smallest absolute Gasteiger partial charge is 0.287 e. The van der Waals surface area contributed by atoms with Crippen molar-refractivity contribution in [2.75, 3.05) is 0 Å². The Morgan fingerprint density at radius 2 is 1.96 bits per heavy atom. The summed E-state index contributed by atoms with van der Waals surface area (Å²) >= 11 is 0. The van der Waals surface area contributed by atoms with Crippen LogP contribution in [-0.4, -0.2) is 26.8 Å². The molecule has 0 saturated carbocycles. The first-order valence-corrected chi connectivity index (χ1v) is 7.05. The Labute approximate surface area is 134 Å². The van der Waals surface area contributed by atoms with Gasteiger partial charge in [-0.3, -0.25) is 9.48 Å². The van der Waals surface area contributed by atoms with Crippen LogP contribution in [-0.2, 0) is 6.54 Å². The molecule has 1 amide bonds. The second kappa shape index (κ2) is 7.60. The molecule has 10 heteroatoms. The Morgan fingerprint density at radius 3 is 2.58 bits per heavy atom. The highest BCUT2D eigenvalue weighted by molar-refractivity contribution is 5.95. The Hall–Kier alpha value is -2.87. The van der Waals surface area contributed by atoms with Gasteiger partial charge in [0, 0.05) is 29.0 Å². The summed E-state index contributed by atoms with van der Waals surface area (Å²) in [5.74, 6) is -0.291. The number of azide groups is 1. The number of halogens is 3. The maximum absolute atomic E-state index is 12.1. The van der Waals surface area contributed by atoms with E-state index in [0.29, 0.717) is 24.4 Å². The van der Waals surface area contributed by atoms with Gasteiger partial charge in [0.05, 0.1) is 0 Å². The molecule has 1 aromatic carbocycles. The van der Waals surface area contributed by atoms with Gasteiger partial charge in [-0.2, -0.15) is 18.3 Å². The van der Waals surface area contributed by atoms with Crippen LogP contribution in [0, 0.1) is 0 Å². The molecule has 1 aromatic heterocycles. The van der Waals surface area contributed by atoms with Crippen molar-refractivity contribution < 1.29 is 18.0 Å². The molecule has 0 unspecified atom stereocenters. The van der Waals surface area contributed by atoms with Crippen molar-refractivity contribution >= 4 is 5.91 Å². The van der Waals surface area contributed by atoms with Crippen LogP contribution < -0.4 is 0 Å². The van der Waals surface area contributed by atoms with E-state index >= 15 is 0 Å². The minimum absolute atomic E-state index is 0.0366. The van der Waals surface area contributed by atoms with Crippen LogP contribution >= 0.6 is 0 Å². The minimum atomic E-state index is -4.14. The monoisotopic (exact) mass is 338 g/mol. The molecule has 24 heavy (non-hydrogen) atoms. The topological polar surface area (TPSA) is 96.5 Å². The third kappa shape index (κ3) is 5.10. The number of hydrogen-bond donors (Lipinski definition) is 0. The summed E-state index contributed by atoms with van der Waals surface area (Å²) < 4.78 is 37.7. The summed E-state index contributed by atoms with van der Waals surface area (Å²) in [6, 6.07) is 6.17. The van der Waals surface area contributed by atoms with Gasteiger partial charge in [-0.15, -0.1) is 0 Å². The molecule has 0 radical (unpaired) electrons. The Kier molecular flexibility index (Phi) is 5.54. The molecule has 0 atom stereocenters. The van der Waals surface area contributed by atoms with Crippen molar-refractivity contribution in [3.63, 3.8) is 0 Å². The summed E-state index contributed by atoms with van der Waals surface area (Å²) in [6.07, 6.45) is -3.11. The highest BCUT2D eigenvalue weighted by Gasteiger charge is 2.25. The predicted molar refractivity (Wildman–Crippen MR) is 78.8 cm³/mol. The zero-order chi connectivity index (χ0) is 17.6. The number of carbonyl (C=O) groups excluding carboxylic acids is 1.